The second-order valence-corrected chi connectivity index (χ2v) is 5.72. The van der Waals surface area contributed by atoms with Gasteiger partial charge in [-0.3, -0.25) is 4.68 Å². The molecule has 1 heterocycles. The molecule has 0 aliphatic carbocycles. The highest BCUT2D eigenvalue weighted by Gasteiger charge is 2.13. The van der Waals surface area contributed by atoms with Crippen LogP contribution in [0.4, 0.5) is 0 Å². The van der Waals surface area contributed by atoms with Gasteiger partial charge in [-0.2, -0.15) is 5.10 Å². The number of hydrogen-bond donors (Lipinski definition) is 1. The van der Waals surface area contributed by atoms with Crippen LogP contribution in [0.3, 0.4) is 0 Å². The van der Waals surface area contributed by atoms with Crippen molar-refractivity contribution in [3.8, 4) is 11.1 Å². The van der Waals surface area contributed by atoms with E-state index in [0.29, 0.717) is 6.04 Å². The number of nitrogens with one attached hydrogen (secondary N) is 1. The minimum absolute atomic E-state index is 0.360. The van der Waals surface area contributed by atoms with Crippen molar-refractivity contribution in [2.75, 3.05) is 6.54 Å². The van der Waals surface area contributed by atoms with Crippen molar-refractivity contribution < 1.29 is 0 Å². The van der Waals surface area contributed by atoms with Crippen LogP contribution in [0.2, 0.25) is 5.02 Å². The smallest absolute Gasteiger partial charge is 0.0672 e. The molecule has 1 N–H and O–H groups in total. The maximum atomic E-state index is 6.17. The van der Waals surface area contributed by atoms with E-state index >= 15 is 0 Å². The molecular weight excluding hydrogens is 270 g/mol. The van der Waals surface area contributed by atoms with Gasteiger partial charge in [-0.1, -0.05) is 24.6 Å². The van der Waals surface area contributed by atoms with Gasteiger partial charge in [0, 0.05) is 29.4 Å². The van der Waals surface area contributed by atoms with Gasteiger partial charge in [0.05, 0.1) is 5.69 Å². The fourth-order valence-corrected chi connectivity index (χ4v) is 2.40. The van der Waals surface area contributed by atoms with Crippen LogP contribution < -0.4 is 5.32 Å². The number of benzene rings is 1. The van der Waals surface area contributed by atoms with Gasteiger partial charge in [-0.05, 0) is 50.6 Å². The second-order valence-electron chi connectivity index (χ2n) is 5.28. The topological polar surface area (TPSA) is 29.9 Å². The molecule has 0 aliphatic heterocycles. The number of aromatic nitrogens is 2. The summed E-state index contributed by atoms with van der Waals surface area (Å²) in [6.07, 6.45) is 2.11. The molecule has 2 rings (SSSR count). The molecule has 4 heteroatoms. The predicted molar refractivity (Wildman–Crippen MR) is 85.2 cm³/mol. The second kappa shape index (κ2) is 6.42. The molecule has 2 aromatic rings. The molecule has 0 atom stereocenters. The zero-order chi connectivity index (χ0) is 14.7. The van der Waals surface area contributed by atoms with Gasteiger partial charge in [0.25, 0.3) is 0 Å². The first-order chi connectivity index (χ1) is 9.52. The average Bonchev–Trinajstić information content (AvgIpc) is 2.79. The van der Waals surface area contributed by atoms with Crippen molar-refractivity contribution in [1.82, 2.24) is 15.1 Å². The van der Waals surface area contributed by atoms with Crippen LogP contribution in [0.5, 0.6) is 0 Å². The highest BCUT2D eigenvalue weighted by molar-refractivity contribution is 6.30. The highest BCUT2D eigenvalue weighted by Crippen LogP contribution is 2.30. The summed E-state index contributed by atoms with van der Waals surface area (Å²) >= 11 is 6.17. The minimum Gasteiger partial charge on any atom is -0.313 e. The summed E-state index contributed by atoms with van der Waals surface area (Å²) in [5.41, 5.74) is 4.62. The zero-order valence-electron chi connectivity index (χ0n) is 12.6. The third kappa shape index (κ3) is 3.22. The van der Waals surface area contributed by atoms with Crippen LogP contribution in [0.15, 0.2) is 24.4 Å². The van der Waals surface area contributed by atoms with Crippen molar-refractivity contribution in [2.24, 2.45) is 0 Å². The average molecular weight is 292 g/mol. The lowest BCUT2D eigenvalue weighted by atomic mass is 10.0. The standard InChI is InChI=1S/C16H22ClN3/c1-5-18-9-13-6-7-14(17)8-15(13)16-10-20(11(2)3)19-12(16)4/h6-8,10-11,18H,5,9H2,1-4H3. The molecule has 0 saturated heterocycles. The summed E-state index contributed by atoms with van der Waals surface area (Å²) in [5.74, 6) is 0. The van der Waals surface area contributed by atoms with Crippen LogP contribution in [-0.4, -0.2) is 16.3 Å². The Morgan fingerprint density at radius 2 is 2.05 bits per heavy atom. The lowest BCUT2D eigenvalue weighted by Crippen LogP contribution is -2.12. The van der Waals surface area contributed by atoms with Crippen LogP contribution in [0.1, 0.15) is 38.1 Å². The lowest BCUT2D eigenvalue weighted by molar-refractivity contribution is 0.529. The van der Waals surface area contributed by atoms with E-state index in [1.165, 1.54) is 11.1 Å². The van der Waals surface area contributed by atoms with E-state index < -0.39 is 0 Å². The molecule has 0 radical (unpaired) electrons. The number of rotatable bonds is 5. The van der Waals surface area contributed by atoms with E-state index in [-0.39, 0.29) is 0 Å². The molecule has 0 bridgehead atoms. The molecule has 108 valence electrons. The Morgan fingerprint density at radius 1 is 1.30 bits per heavy atom. The number of nitrogens with zero attached hydrogens (tertiary/aromatic N) is 2. The first kappa shape index (κ1) is 15.1. The van der Waals surface area contributed by atoms with Crippen LogP contribution in [0, 0.1) is 6.92 Å². The number of aryl methyl sites for hydroxylation is 1. The Bertz CT molecular complexity index is 587. The highest BCUT2D eigenvalue weighted by atomic mass is 35.5. The van der Waals surface area contributed by atoms with E-state index in [2.05, 4.69) is 43.4 Å². The normalized spacial score (nSPS) is 11.3. The molecule has 3 nitrogen and oxygen atoms in total. The third-order valence-electron chi connectivity index (χ3n) is 3.37. The van der Waals surface area contributed by atoms with Gasteiger partial charge in [0.2, 0.25) is 0 Å². The summed E-state index contributed by atoms with van der Waals surface area (Å²) in [5, 5.41) is 8.72. The fraction of sp³-hybridized carbons (Fsp3) is 0.438. The molecule has 20 heavy (non-hydrogen) atoms. The molecular formula is C16H22ClN3. The van der Waals surface area contributed by atoms with Crippen molar-refractivity contribution in [1.29, 1.82) is 0 Å². The lowest BCUT2D eigenvalue weighted by Gasteiger charge is -2.10. The molecule has 0 aliphatic rings. The van der Waals surface area contributed by atoms with E-state index in [1.54, 1.807) is 0 Å². The summed E-state index contributed by atoms with van der Waals surface area (Å²) in [6, 6.07) is 6.42. The molecule has 0 fully saturated rings. The van der Waals surface area contributed by atoms with Crippen molar-refractivity contribution in [3.05, 3.63) is 40.7 Å². The molecule has 1 aromatic carbocycles. The Morgan fingerprint density at radius 3 is 2.65 bits per heavy atom. The molecule has 0 amide bonds. The van der Waals surface area contributed by atoms with Gasteiger partial charge >= 0.3 is 0 Å². The summed E-state index contributed by atoms with van der Waals surface area (Å²) < 4.78 is 2.00. The maximum Gasteiger partial charge on any atom is 0.0672 e. The fourth-order valence-electron chi connectivity index (χ4n) is 2.22. The monoisotopic (exact) mass is 291 g/mol. The van der Waals surface area contributed by atoms with Gasteiger partial charge in [-0.15, -0.1) is 0 Å². The van der Waals surface area contributed by atoms with Gasteiger partial charge in [0.15, 0.2) is 0 Å². The van der Waals surface area contributed by atoms with E-state index in [9.17, 15) is 0 Å². The molecule has 0 unspecified atom stereocenters. The van der Waals surface area contributed by atoms with E-state index in [1.807, 2.05) is 23.7 Å². The van der Waals surface area contributed by atoms with Gasteiger partial charge in [-0.25, -0.2) is 0 Å². The Kier molecular flexibility index (Phi) is 4.84. The number of halogens is 1. The third-order valence-corrected chi connectivity index (χ3v) is 3.61. The molecule has 1 aromatic heterocycles. The Hall–Kier alpha value is -1.32. The first-order valence-electron chi connectivity index (χ1n) is 7.08. The van der Waals surface area contributed by atoms with Crippen molar-refractivity contribution >= 4 is 11.6 Å². The van der Waals surface area contributed by atoms with Crippen LogP contribution in [-0.2, 0) is 6.54 Å². The van der Waals surface area contributed by atoms with Crippen molar-refractivity contribution in [3.63, 3.8) is 0 Å². The SMILES string of the molecule is CCNCc1ccc(Cl)cc1-c1cn(C(C)C)nc1C. The summed E-state index contributed by atoms with van der Waals surface area (Å²) in [6.45, 7) is 10.2. The summed E-state index contributed by atoms with van der Waals surface area (Å²) in [4.78, 5) is 0. The van der Waals surface area contributed by atoms with Gasteiger partial charge in [0.1, 0.15) is 0 Å². The Labute approximate surface area is 126 Å². The van der Waals surface area contributed by atoms with Crippen LogP contribution >= 0.6 is 11.6 Å². The maximum absolute atomic E-state index is 6.17. The molecule has 0 saturated carbocycles. The van der Waals surface area contributed by atoms with E-state index in [0.717, 1.165) is 29.4 Å². The number of hydrogen-bond acceptors (Lipinski definition) is 2. The molecule has 0 spiro atoms. The van der Waals surface area contributed by atoms with Crippen LogP contribution in [0.25, 0.3) is 11.1 Å². The first-order valence-corrected chi connectivity index (χ1v) is 7.46. The van der Waals surface area contributed by atoms with Crippen molar-refractivity contribution in [2.45, 2.75) is 40.3 Å². The Balaban J connectivity index is 2.47. The zero-order valence-corrected chi connectivity index (χ0v) is 13.3. The quantitative estimate of drug-likeness (QED) is 0.894. The largest absolute Gasteiger partial charge is 0.313 e. The van der Waals surface area contributed by atoms with E-state index in [4.69, 9.17) is 11.6 Å². The predicted octanol–water partition coefficient (Wildman–Crippen LogP) is 4.20. The minimum atomic E-state index is 0.360. The summed E-state index contributed by atoms with van der Waals surface area (Å²) in [7, 11) is 0. The van der Waals surface area contributed by atoms with Gasteiger partial charge < -0.3 is 5.32 Å².